The van der Waals surface area contributed by atoms with Gasteiger partial charge in [0.2, 0.25) is 0 Å². The van der Waals surface area contributed by atoms with Crippen LogP contribution in [0.2, 0.25) is 0 Å². The summed E-state index contributed by atoms with van der Waals surface area (Å²) >= 11 is 0. The third-order valence-electron chi connectivity index (χ3n) is 7.94. The number of piperidine rings is 1. The van der Waals surface area contributed by atoms with E-state index in [1.54, 1.807) is 6.07 Å². The predicted molar refractivity (Wildman–Crippen MR) is 113 cm³/mol. The summed E-state index contributed by atoms with van der Waals surface area (Å²) < 4.78 is 0. The lowest BCUT2D eigenvalue weighted by Gasteiger charge is -2.63. The number of nitrogens with one attached hydrogen (secondary N) is 1. The summed E-state index contributed by atoms with van der Waals surface area (Å²) in [6.07, 6.45) is 4.86. The Labute approximate surface area is 177 Å². The largest absolute Gasteiger partial charge is 0.507 e. The van der Waals surface area contributed by atoms with Gasteiger partial charge in [-0.1, -0.05) is 6.07 Å². The summed E-state index contributed by atoms with van der Waals surface area (Å²) in [5, 5.41) is 26.3. The zero-order chi connectivity index (χ0) is 21.3. The van der Waals surface area contributed by atoms with Gasteiger partial charge in [-0.05, 0) is 70.0 Å². The maximum atomic E-state index is 12.7. The molecule has 6 heteroatoms. The maximum absolute atomic E-state index is 12.7. The summed E-state index contributed by atoms with van der Waals surface area (Å²) in [4.78, 5) is 27.8. The lowest BCUT2D eigenvalue weighted by atomic mass is 9.49. The number of ketones is 1. The first-order chi connectivity index (χ1) is 14.2. The standard InChI is InChI=1S/C24H32N2O4/c1-14(2)25-22(29)18-6-5-16-11-19-24(30)8-7-17(27)12-23(24,20(16)21(18)28)9-10-26(19)13-15-3-4-15/h5-6,14-15,19,28,30H,3-4,7-13H2,1-2H3,(H,25,29)/t19-,23-,24-/m1/s1. The predicted octanol–water partition coefficient (Wildman–Crippen LogP) is 2.29. The molecule has 1 saturated heterocycles. The molecule has 0 aromatic heterocycles. The molecule has 0 unspecified atom stereocenters. The second-order valence-corrected chi connectivity index (χ2v) is 10.3. The van der Waals surface area contributed by atoms with Crippen molar-refractivity contribution in [2.24, 2.45) is 5.92 Å². The van der Waals surface area contributed by atoms with E-state index in [9.17, 15) is 19.8 Å². The number of hydrogen-bond donors (Lipinski definition) is 3. The van der Waals surface area contributed by atoms with Crippen molar-refractivity contribution >= 4 is 11.7 Å². The average molecular weight is 413 g/mol. The van der Waals surface area contributed by atoms with E-state index >= 15 is 0 Å². The number of rotatable bonds is 4. The zero-order valence-electron chi connectivity index (χ0n) is 17.9. The molecule has 1 aliphatic heterocycles. The van der Waals surface area contributed by atoms with Gasteiger partial charge in [0.05, 0.1) is 11.2 Å². The molecule has 0 radical (unpaired) electrons. The second kappa shape index (κ2) is 6.79. The van der Waals surface area contributed by atoms with Crippen molar-refractivity contribution in [3.63, 3.8) is 0 Å². The van der Waals surface area contributed by atoms with Gasteiger partial charge in [-0.15, -0.1) is 0 Å². The van der Waals surface area contributed by atoms with Crippen LogP contribution in [-0.4, -0.2) is 57.6 Å². The quantitative estimate of drug-likeness (QED) is 0.706. The van der Waals surface area contributed by atoms with E-state index in [1.165, 1.54) is 12.8 Å². The summed E-state index contributed by atoms with van der Waals surface area (Å²) in [7, 11) is 0. The normalized spacial score (nSPS) is 33.2. The number of phenolic OH excluding ortho intramolecular Hbond substituents is 1. The van der Waals surface area contributed by atoms with Crippen LogP contribution in [0.25, 0.3) is 0 Å². The van der Waals surface area contributed by atoms with Gasteiger partial charge in [0.1, 0.15) is 11.5 Å². The van der Waals surface area contributed by atoms with E-state index in [-0.39, 0.29) is 41.5 Å². The molecule has 2 saturated carbocycles. The Morgan fingerprint density at radius 2 is 2.07 bits per heavy atom. The molecular weight excluding hydrogens is 380 g/mol. The second-order valence-electron chi connectivity index (χ2n) is 10.3. The monoisotopic (exact) mass is 412 g/mol. The number of fused-ring (bicyclic) bond motifs is 1. The van der Waals surface area contributed by atoms with Crippen LogP contribution in [0.15, 0.2) is 12.1 Å². The molecule has 3 aliphatic carbocycles. The smallest absolute Gasteiger partial charge is 0.255 e. The molecule has 1 aromatic carbocycles. The average Bonchev–Trinajstić information content (AvgIpc) is 3.48. The van der Waals surface area contributed by atoms with Gasteiger partial charge in [0, 0.05) is 42.4 Å². The number of benzene rings is 1. The molecule has 2 bridgehead atoms. The third kappa shape index (κ3) is 2.83. The van der Waals surface area contributed by atoms with E-state index in [2.05, 4.69) is 10.2 Å². The van der Waals surface area contributed by atoms with E-state index in [0.717, 1.165) is 24.6 Å². The highest BCUT2D eigenvalue weighted by Gasteiger charge is 2.65. The minimum absolute atomic E-state index is 0.0396. The topological polar surface area (TPSA) is 89.9 Å². The van der Waals surface area contributed by atoms with Gasteiger partial charge in [-0.3, -0.25) is 14.5 Å². The highest BCUT2D eigenvalue weighted by atomic mass is 16.3. The Balaban J connectivity index is 1.63. The van der Waals surface area contributed by atoms with Crippen molar-refractivity contribution in [1.29, 1.82) is 0 Å². The number of carbonyl (C=O) groups is 2. The van der Waals surface area contributed by atoms with Gasteiger partial charge < -0.3 is 15.5 Å². The SMILES string of the molecule is CC(C)NC(=O)c1ccc2c(c1O)[C@]13CCN(CC4CC4)[C@H](C2)[C@]1(O)CCC(=O)C3. The molecule has 1 amide bonds. The molecule has 5 rings (SSSR count). The molecule has 162 valence electrons. The van der Waals surface area contributed by atoms with Crippen LogP contribution >= 0.6 is 0 Å². The van der Waals surface area contributed by atoms with Gasteiger partial charge >= 0.3 is 0 Å². The molecule has 1 aromatic rings. The Morgan fingerprint density at radius 1 is 1.30 bits per heavy atom. The molecule has 30 heavy (non-hydrogen) atoms. The highest BCUT2D eigenvalue weighted by Crippen LogP contribution is 2.60. The number of carbonyl (C=O) groups excluding carboxylic acids is 2. The molecule has 3 N–H and O–H groups in total. The number of Topliss-reactive ketones (excluding diaryl/α,β-unsaturated/α-hetero) is 1. The summed E-state index contributed by atoms with van der Waals surface area (Å²) in [6, 6.07) is 3.54. The minimum Gasteiger partial charge on any atom is -0.507 e. The Kier molecular flexibility index (Phi) is 4.53. The van der Waals surface area contributed by atoms with Crippen LogP contribution in [0.3, 0.4) is 0 Å². The molecule has 3 fully saturated rings. The molecule has 0 spiro atoms. The van der Waals surface area contributed by atoms with Crippen molar-refractivity contribution in [3.8, 4) is 5.75 Å². The first-order valence-electron chi connectivity index (χ1n) is 11.4. The zero-order valence-corrected chi connectivity index (χ0v) is 17.9. The summed E-state index contributed by atoms with van der Waals surface area (Å²) in [6.45, 7) is 5.58. The molecule has 4 aliphatic rings. The van der Waals surface area contributed by atoms with Crippen molar-refractivity contribution < 1.29 is 19.8 Å². The fourth-order valence-corrected chi connectivity index (χ4v) is 6.38. The fourth-order valence-electron chi connectivity index (χ4n) is 6.38. The van der Waals surface area contributed by atoms with Gasteiger partial charge in [0.25, 0.3) is 5.91 Å². The number of phenols is 1. The van der Waals surface area contributed by atoms with Gasteiger partial charge in [-0.25, -0.2) is 0 Å². The van der Waals surface area contributed by atoms with E-state index < -0.39 is 11.0 Å². The number of hydrogen-bond acceptors (Lipinski definition) is 5. The van der Waals surface area contributed by atoms with Crippen LogP contribution in [0.1, 0.15) is 73.9 Å². The lowest BCUT2D eigenvalue weighted by molar-refractivity contribution is -0.173. The van der Waals surface area contributed by atoms with Crippen LogP contribution in [0, 0.1) is 5.92 Å². The Bertz CT molecular complexity index is 909. The van der Waals surface area contributed by atoms with Gasteiger partial charge in [-0.2, -0.15) is 0 Å². The molecule has 3 atom stereocenters. The molecular formula is C24H32N2O4. The minimum atomic E-state index is -1.05. The van der Waals surface area contributed by atoms with Crippen LogP contribution in [0.4, 0.5) is 0 Å². The van der Waals surface area contributed by atoms with Crippen molar-refractivity contribution in [2.75, 3.05) is 13.1 Å². The van der Waals surface area contributed by atoms with Crippen molar-refractivity contribution in [1.82, 2.24) is 10.2 Å². The number of aliphatic hydroxyl groups is 1. The van der Waals surface area contributed by atoms with Crippen LogP contribution < -0.4 is 5.32 Å². The maximum Gasteiger partial charge on any atom is 0.255 e. The van der Waals surface area contributed by atoms with Crippen LogP contribution in [-0.2, 0) is 16.6 Å². The summed E-state index contributed by atoms with van der Waals surface area (Å²) in [5.41, 5.74) is -0.00357. The van der Waals surface area contributed by atoms with E-state index in [0.29, 0.717) is 31.2 Å². The first kappa shape index (κ1) is 20.0. The number of nitrogens with zero attached hydrogens (tertiary/aromatic N) is 1. The number of aromatic hydroxyl groups is 1. The molecule has 6 nitrogen and oxygen atoms in total. The number of likely N-dealkylation sites (tertiary alicyclic amines) is 1. The third-order valence-corrected chi connectivity index (χ3v) is 7.94. The summed E-state index contributed by atoms with van der Waals surface area (Å²) in [5.74, 6) is 0.495. The Morgan fingerprint density at radius 3 is 2.77 bits per heavy atom. The first-order valence-corrected chi connectivity index (χ1v) is 11.4. The Hall–Kier alpha value is -1.92. The van der Waals surface area contributed by atoms with Crippen LogP contribution in [0.5, 0.6) is 5.75 Å². The fraction of sp³-hybridized carbons (Fsp3) is 0.667. The molecule has 1 heterocycles. The van der Waals surface area contributed by atoms with Crippen molar-refractivity contribution in [2.45, 2.75) is 81.9 Å². The van der Waals surface area contributed by atoms with Gasteiger partial charge in [0.15, 0.2) is 0 Å². The number of amides is 1. The van der Waals surface area contributed by atoms with E-state index in [4.69, 9.17) is 0 Å². The lowest BCUT2D eigenvalue weighted by Crippen LogP contribution is -2.73. The van der Waals surface area contributed by atoms with Crippen molar-refractivity contribution in [3.05, 3.63) is 28.8 Å². The highest BCUT2D eigenvalue weighted by molar-refractivity contribution is 5.98. The van der Waals surface area contributed by atoms with E-state index in [1.807, 2.05) is 19.9 Å².